The van der Waals surface area contributed by atoms with Gasteiger partial charge >= 0.3 is 11.9 Å². The van der Waals surface area contributed by atoms with E-state index in [0.29, 0.717) is 34.8 Å². The first kappa shape index (κ1) is 24.4. The number of quaternary nitrogens is 1. The highest BCUT2D eigenvalue weighted by molar-refractivity contribution is 6.33. The quantitative estimate of drug-likeness (QED) is 0.410. The molecule has 0 saturated carbocycles. The lowest BCUT2D eigenvalue weighted by Gasteiger charge is -2.36. The Hall–Kier alpha value is -1.89. The molecule has 1 atom stereocenters. The van der Waals surface area contributed by atoms with Crippen LogP contribution in [0.3, 0.4) is 0 Å². The summed E-state index contributed by atoms with van der Waals surface area (Å²) in [6, 6.07) is 16.5. The molecule has 0 spiro atoms. The normalized spacial score (nSPS) is 15.7. The van der Waals surface area contributed by atoms with E-state index < -0.39 is 12.1 Å². The van der Waals surface area contributed by atoms with Crippen LogP contribution in [0.2, 0.25) is 5.02 Å². The maximum Gasteiger partial charge on any atom is 0.361 e. The summed E-state index contributed by atoms with van der Waals surface area (Å²) >= 11 is 6.18. The van der Waals surface area contributed by atoms with E-state index >= 15 is 0 Å². The van der Waals surface area contributed by atoms with Crippen LogP contribution in [0.4, 0.5) is 0 Å². The van der Waals surface area contributed by atoms with Gasteiger partial charge in [0, 0.05) is 12.8 Å². The van der Waals surface area contributed by atoms with E-state index in [0.717, 1.165) is 31.5 Å². The molecule has 7 heteroatoms. The summed E-state index contributed by atoms with van der Waals surface area (Å²) in [6.07, 6.45) is 1.60. The van der Waals surface area contributed by atoms with E-state index in [9.17, 15) is 9.59 Å². The van der Waals surface area contributed by atoms with Crippen LogP contribution in [0.1, 0.15) is 41.8 Å². The van der Waals surface area contributed by atoms with Crippen molar-refractivity contribution >= 4 is 23.5 Å². The average molecular weight is 497 g/mol. The second-order valence-corrected chi connectivity index (χ2v) is 7.83. The molecule has 1 fully saturated rings. The van der Waals surface area contributed by atoms with E-state index in [1.807, 2.05) is 37.3 Å². The smallest absolute Gasteiger partial charge is 0.361 e. The van der Waals surface area contributed by atoms with Gasteiger partial charge in [0.25, 0.3) is 0 Å². The minimum absolute atomic E-state index is 0. The molecule has 30 heavy (non-hydrogen) atoms. The van der Waals surface area contributed by atoms with Gasteiger partial charge in [0.15, 0.2) is 12.6 Å². The van der Waals surface area contributed by atoms with Crippen molar-refractivity contribution in [2.75, 3.05) is 32.8 Å². The molecule has 2 aromatic rings. The van der Waals surface area contributed by atoms with Crippen LogP contribution >= 0.6 is 11.6 Å². The molecule has 2 aromatic carbocycles. The molecule has 0 aliphatic carbocycles. The molecule has 0 N–H and O–H groups in total. The van der Waals surface area contributed by atoms with Crippen molar-refractivity contribution in [2.24, 2.45) is 0 Å². The van der Waals surface area contributed by atoms with Gasteiger partial charge in [0.05, 0.1) is 30.3 Å². The highest BCUT2D eigenvalue weighted by atomic mass is 79.9. The Morgan fingerprint density at radius 2 is 1.67 bits per heavy atom. The van der Waals surface area contributed by atoms with Crippen molar-refractivity contribution in [1.82, 2.24) is 0 Å². The number of rotatable bonds is 8. The summed E-state index contributed by atoms with van der Waals surface area (Å²) in [4.78, 5) is 25.1. The summed E-state index contributed by atoms with van der Waals surface area (Å²) in [5.74, 6) is -0.670. The molecule has 1 aliphatic heterocycles. The van der Waals surface area contributed by atoms with Crippen molar-refractivity contribution in [2.45, 2.75) is 25.9 Å². The van der Waals surface area contributed by atoms with E-state index in [2.05, 4.69) is 0 Å². The van der Waals surface area contributed by atoms with Crippen LogP contribution in [0.5, 0.6) is 0 Å². The summed E-state index contributed by atoms with van der Waals surface area (Å²) in [7, 11) is 0. The second-order valence-electron chi connectivity index (χ2n) is 7.43. The standard InChI is InChI=1S/C23H27ClNO4.BrH/c1-2-28-22(26)17-25(14-8-9-15-25)16-21(18-10-4-3-5-11-18)29-23(27)19-12-6-7-13-20(19)24;/h3-7,10-13,21H,2,8-9,14-17H2,1H3;1H/q+1;/p-1. The maximum absolute atomic E-state index is 12.8. The molecule has 1 heterocycles. The Balaban J connectivity index is 0.00000320. The molecular weight excluding hydrogens is 470 g/mol. The number of benzene rings is 2. The van der Waals surface area contributed by atoms with Gasteiger partial charge in [-0.05, 0) is 24.6 Å². The predicted molar refractivity (Wildman–Crippen MR) is 112 cm³/mol. The maximum atomic E-state index is 12.8. The van der Waals surface area contributed by atoms with Gasteiger partial charge in [0.1, 0.15) is 6.54 Å². The molecular formula is C23H27BrClNO4. The minimum atomic E-state index is -0.479. The van der Waals surface area contributed by atoms with Crippen molar-refractivity contribution in [3.05, 3.63) is 70.7 Å². The Morgan fingerprint density at radius 1 is 1.03 bits per heavy atom. The summed E-state index contributed by atoms with van der Waals surface area (Å²) in [5.41, 5.74) is 1.25. The van der Waals surface area contributed by atoms with Crippen LogP contribution < -0.4 is 17.0 Å². The van der Waals surface area contributed by atoms with Gasteiger partial charge in [-0.2, -0.15) is 0 Å². The molecule has 0 bridgehead atoms. The molecule has 162 valence electrons. The number of carbonyl (C=O) groups is 2. The molecule has 0 radical (unpaired) electrons. The number of esters is 2. The fourth-order valence-electron chi connectivity index (χ4n) is 3.94. The number of nitrogens with zero attached hydrogens (tertiary/aromatic N) is 1. The highest BCUT2D eigenvalue weighted by Crippen LogP contribution is 2.29. The van der Waals surface area contributed by atoms with Gasteiger partial charge in [-0.15, -0.1) is 0 Å². The van der Waals surface area contributed by atoms with Crippen LogP contribution in [0.25, 0.3) is 0 Å². The first-order valence-corrected chi connectivity index (χ1v) is 10.4. The van der Waals surface area contributed by atoms with Gasteiger partial charge in [-0.3, -0.25) is 0 Å². The third kappa shape index (κ3) is 6.30. The largest absolute Gasteiger partial charge is 1.00 e. The van der Waals surface area contributed by atoms with Crippen molar-refractivity contribution in [1.29, 1.82) is 0 Å². The summed E-state index contributed by atoms with van der Waals surface area (Å²) < 4.78 is 11.7. The Morgan fingerprint density at radius 3 is 2.30 bits per heavy atom. The van der Waals surface area contributed by atoms with Crippen molar-refractivity contribution in [3.63, 3.8) is 0 Å². The zero-order valence-corrected chi connectivity index (χ0v) is 19.4. The third-order valence-corrected chi connectivity index (χ3v) is 5.68. The third-order valence-electron chi connectivity index (χ3n) is 5.35. The Kier molecular flexibility index (Phi) is 9.34. The zero-order chi connectivity index (χ0) is 20.7. The number of halogens is 2. The lowest BCUT2D eigenvalue weighted by atomic mass is 10.1. The molecule has 3 rings (SSSR count). The monoisotopic (exact) mass is 495 g/mol. The average Bonchev–Trinajstić information content (AvgIpc) is 3.16. The lowest BCUT2D eigenvalue weighted by Crippen LogP contribution is -3.00. The van der Waals surface area contributed by atoms with E-state index in [1.165, 1.54) is 0 Å². The van der Waals surface area contributed by atoms with Crippen LogP contribution in [0.15, 0.2) is 54.6 Å². The molecule has 0 aromatic heterocycles. The first-order valence-electron chi connectivity index (χ1n) is 10.0. The molecule has 1 aliphatic rings. The number of likely N-dealkylation sites (tertiary alicyclic amines) is 1. The number of ether oxygens (including phenoxy) is 2. The van der Waals surface area contributed by atoms with Gasteiger partial charge in [-0.1, -0.05) is 54.1 Å². The number of carbonyl (C=O) groups excluding carboxylic acids is 2. The lowest BCUT2D eigenvalue weighted by molar-refractivity contribution is -0.913. The fraction of sp³-hybridized carbons (Fsp3) is 0.391. The molecule has 0 amide bonds. The van der Waals surface area contributed by atoms with Crippen LogP contribution in [-0.2, 0) is 14.3 Å². The van der Waals surface area contributed by atoms with Crippen LogP contribution in [0, 0.1) is 0 Å². The minimum Gasteiger partial charge on any atom is -1.00 e. The van der Waals surface area contributed by atoms with Crippen molar-refractivity contribution < 1.29 is 40.5 Å². The van der Waals surface area contributed by atoms with Gasteiger partial charge in [0.2, 0.25) is 0 Å². The Labute approximate surface area is 193 Å². The van der Waals surface area contributed by atoms with Crippen molar-refractivity contribution in [3.8, 4) is 0 Å². The summed E-state index contributed by atoms with van der Waals surface area (Å²) in [5, 5.41) is 0.362. The SMILES string of the molecule is CCOC(=O)C[N+]1(CC(OC(=O)c2ccccc2Cl)c2ccccc2)CCCC1.[Br-]. The topological polar surface area (TPSA) is 52.6 Å². The van der Waals surface area contributed by atoms with Gasteiger partial charge < -0.3 is 30.9 Å². The predicted octanol–water partition coefficient (Wildman–Crippen LogP) is 1.42. The van der Waals surface area contributed by atoms with Crippen LogP contribution in [-0.4, -0.2) is 49.2 Å². The van der Waals surface area contributed by atoms with E-state index in [1.54, 1.807) is 24.3 Å². The number of hydrogen-bond acceptors (Lipinski definition) is 4. The second kappa shape index (κ2) is 11.5. The Bertz CT molecular complexity index is 840. The number of hydrogen-bond donors (Lipinski definition) is 0. The molecule has 1 unspecified atom stereocenters. The molecule has 1 saturated heterocycles. The molecule has 5 nitrogen and oxygen atoms in total. The van der Waals surface area contributed by atoms with E-state index in [-0.39, 0.29) is 23.0 Å². The fourth-order valence-corrected chi connectivity index (χ4v) is 4.15. The first-order chi connectivity index (χ1) is 14.0. The van der Waals surface area contributed by atoms with Gasteiger partial charge in [-0.25, -0.2) is 9.59 Å². The van der Waals surface area contributed by atoms with E-state index in [4.69, 9.17) is 21.1 Å². The highest BCUT2D eigenvalue weighted by Gasteiger charge is 2.39. The summed E-state index contributed by atoms with van der Waals surface area (Å²) in [6.45, 7) is 4.73. The zero-order valence-electron chi connectivity index (χ0n) is 17.1.